The molecule has 0 unspecified atom stereocenters. The number of Topliss-reactive ketones (excluding diaryl/α,β-unsaturated/α-hetero) is 1. The number of urea groups is 1. The number of nitrogens with zero attached hydrogens (tertiary/aromatic N) is 2. The highest BCUT2D eigenvalue weighted by molar-refractivity contribution is 7.88. The number of anilines is 1. The van der Waals surface area contributed by atoms with Crippen LogP contribution in [-0.4, -0.2) is 160 Å². The number of likely N-dealkylation sites (tertiary alicyclic amines) is 1. The third-order valence-corrected chi connectivity index (χ3v) is 51.6. The second kappa shape index (κ2) is 42.0. The van der Waals surface area contributed by atoms with Gasteiger partial charge in [-0.15, -0.1) is 0 Å². The van der Waals surface area contributed by atoms with Gasteiger partial charge in [0.2, 0.25) is 15.9 Å². The zero-order valence-corrected chi connectivity index (χ0v) is 97.1. The Bertz CT molecular complexity index is 5560. The molecule has 0 aromatic heterocycles. The fourth-order valence-corrected chi connectivity index (χ4v) is 43.5. The Morgan fingerprint density at radius 1 is 0.433 bits per heavy atom. The molecule has 150 heavy (non-hydrogen) atoms. The summed E-state index contributed by atoms with van der Waals surface area (Å²) in [6.45, 7) is 44.8. The van der Waals surface area contributed by atoms with Gasteiger partial charge < -0.3 is 45.5 Å². The van der Waals surface area contributed by atoms with Crippen LogP contribution in [0.5, 0.6) is 0 Å². The number of ketones is 1. The Morgan fingerprint density at radius 2 is 0.853 bits per heavy atom. The Hall–Kier alpha value is -4.89. The van der Waals surface area contributed by atoms with Crippen LogP contribution in [0.4, 0.5) is 10.5 Å². The van der Waals surface area contributed by atoms with Crippen molar-refractivity contribution in [2.24, 2.45) is 175 Å². The molecule has 17 nitrogen and oxygen atoms in total. The summed E-state index contributed by atoms with van der Waals surface area (Å²) in [5, 5.41) is 17.3. The molecule has 7 aliphatic heterocycles. The van der Waals surface area contributed by atoms with Crippen molar-refractivity contribution in [2.75, 3.05) is 51.3 Å². The zero-order chi connectivity index (χ0) is 105. The van der Waals surface area contributed by atoms with Crippen molar-refractivity contribution in [3.05, 3.63) is 111 Å². The second-order valence-corrected chi connectivity index (χ2v) is 60.4. The molecule has 3 amide bonds. The average Bonchev–Trinajstić information content (AvgIpc) is 1.57. The first kappa shape index (κ1) is 108. The predicted octanol–water partition coefficient (Wildman–Crippen LogP) is 26.7. The topological polar surface area (TPSA) is 210 Å². The lowest BCUT2D eigenvalue weighted by Gasteiger charge is -2.54. The number of sulfonamides is 1. The second-order valence-electron chi connectivity index (χ2n) is 58.6. The number of hydrogen-bond donors (Lipinski definition) is 6. The quantitative estimate of drug-likeness (QED) is 0.130. The SMILES string of the molecule is CC1=C2C[C@H]3[C@@H](CC[C@@H]4CC(=O)CC[C@@]43C)[C@@H]2CC[C@@]2(C1)O[C@@H]1C[C@H](C)CN(CCNC(=O)Cc3ccccc3)[C@H]1[C@H]2C.CC1=C2C[C@H]3[C@@H](CC[C@@H]4C[C@@H](NC(=O)Nc5ccccc5)CC[C@@]43C)[C@@H]2CC[C@@]2(C1)O[C@@H]1C[C@H](C)CN[C@H]1[C@H]2C.CC1=C2C[C@H]3[C@@H](CC[C@@H]4C[C@@H](NS(C)(=O)=O)CC[C@@]43C)[C@@H]2CC[C@@]2(C1)O[C@@H]1C[C@H](C)CC[C@H]1[C@H]2C.CN=C1CC[C@@]2(C)[C@H](CC[C@H]3[C@@H]4CC[C@@]5(CC(C)=C4C[C@@H]32)O[C@@H]2C[C@H](C)CN[C@H]2[C@H]5C)C1. The van der Waals surface area contributed by atoms with Crippen molar-refractivity contribution < 1.29 is 41.7 Å². The van der Waals surface area contributed by atoms with Crippen LogP contribution in [0.15, 0.2) is 110 Å². The fourth-order valence-electron chi connectivity index (χ4n) is 42.7. The van der Waals surface area contributed by atoms with Crippen molar-refractivity contribution in [1.82, 2.24) is 30.9 Å². The van der Waals surface area contributed by atoms with Crippen LogP contribution < -0.4 is 31.3 Å². The molecule has 6 N–H and O–H groups in total. The van der Waals surface area contributed by atoms with Gasteiger partial charge in [-0.25, -0.2) is 17.9 Å². The summed E-state index contributed by atoms with van der Waals surface area (Å²) in [6, 6.07) is 21.7. The van der Waals surface area contributed by atoms with Crippen LogP contribution in [0.3, 0.4) is 0 Å². The standard InChI is InChI=1S/C38H54N2O3.C35H51N3O2.C30H49NO3S.C29H46N2O/c1-24-18-34-36(40(23-24)17-16-39-35(42)19-27-8-6-5-7-9-27)26(3)38(43-34)15-13-30-31-11-10-28-20-29(41)12-14-37(28,4)33(31)21-32(30)25(2)22-38;1-21-16-31-32(36-20-21)23(3)35(40-31)15-13-27-28-11-10-24-17-26(38-33(39)37-25-8-6-5-7-9-25)12-14-34(24,4)30(28)18-29(27)22(2)19-35;1-18-6-8-23-20(3)30(34-28(23)14-18)13-11-24-25-9-7-21-15-22(31-35(5,32)33)10-12-29(21,4)27(25)16-26(24)19(2)17-30;1-17-12-26-27(31-16-17)19(3)29(32-26)11-9-22-23-7-6-20-13-21(30-5)8-10-28(20,4)25(23)14-24(22)18(2)15-29/h5-9,24,26,28,30-31,33-34,36H,10-23H2,1-4H3,(H,39,42);5-9,21,23-24,26-28,30-32,36H,10-20H2,1-4H3,(H2,37,38,39);18,20-25,27-28,31H,6-17H2,1-5H3;17,19-20,22-23,25-27,31H,6-16H2,1-5H3/t24-,26+,28+,30-,31-,33-,34+,36-,37-,38-;21-,23+,24+,26-,27-,28-,30-,31+,32-,34-,35-;18-,20-,21-,22+,23+,24+,25+,27+,28-,29+,30+;17-,19+,20+,22-,23-,25-,26+,27-,28-,29-/m0010/s1. The average molecular weight is 2080 g/mol. The molecule has 20 fully saturated rings. The van der Waals surface area contributed by atoms with E-state index in [9.17, 15) is 22.8 Å². The number of aliphatic imine (C=N–C) groups is 1. The first-order valence-corrected chi connectivity index (χ1v) is 64.7. The van der Waals surface area contributed by atoms with E-state index in [4.69, 9.17) is 18.9 Å². The number of para-hydroxylation sites is 1. The number of ether oxygens (including phenoxy) is 4. The highest BCUT2D eigenvalue weighted by atomic mass is 32.2. The van der Waals surface area contributed by atoms with Gasteiger partial charge in [0.25, 0.3) is 0 Å². The lowest BCUT2D eigenvalue weighted by Crippen LogP contribution is -2.53. The van der Waals surface area contributed by atoms with Crippen molar-refractivity contribution in [2.45, 2.75) is 464 Å². The van der Waals surface area contributed by atoms with Crippen molar-refractivity contribution in [1.29, 1.82) is 0 Å². The first-order chi connectivity index (χ1) is 71.8. The van der Waals surface area contributed by atoms with E-state index in [1.54, 1.807) is 27.9 Å². The molecule has 7 saturated heterocycles. The molecule has 24 aliphatic rings. The molecular weight excluding hydrogens is 1870 g/mol. The van der Waals surface area contributed by atoms with E-state index >= 15 is 0 Å². The van der Waals surface area contributed by atoms with E-state index in [0.717, 1.165) is 184 Å². The normalized spacial score (nSPS) is 48.2. The largest absolute Gasteiger partial charge is 0.371 e. The van der Waals surface area contributed by atoms with E-state index in [2.05, 4.69) is 152 Å². The number of benzene rings is 2. The summed E-state index contributed by atoms with van der Waals surface area (Å²) < 4.78 is 55.2. The summed E-state index contributed by atoms with van der Waals surface area (Å²) in [5.74, 6) is 19.3. The molecule has 4 spiro atoms. The molecule has 0 radical (unpaired) electrons. The maximum atomic E-state index is 12.7. The van der Waals surface area contributed by atoms with E-state index in [-0.39, 0.29) is 52.5 Å². The van der Waals surface area contributed by atoms with Crippen molar-refractivity contribution in [3.8, 4) is 0 Å². The molecular formula is C132H200N8O9S. The minimum Gasteiger partial charge on any atom is -0.371 e. The highest BCUT2D eigenvalue weighted by Gasteiger charge is 2.67. The molecule has 0 bridgehead atoms. The van der Waals surface area contributed by atoms with Gasteiger partial charge in [0.1, 0.15) is 5.78 Å². The Balaban J connectivity index is 0.000000110. The van der Waals surface area contributed by atoms with Crippen molar-refractivity contribution >= 4 is 39.1 Å². The summed E-state index contributed by atoms with van der Waals surface area (Å²) >= 11 is 0. The number of amides is 3. The number of fused-ring (bicyclic) bond motifs is 24. The minimum atomic E-state index is -3.12. The first-order valence-electron chi connectivity index (χ1n) is 62.8. The van der Waals surface area contributed by atoms with E-state index in [0.29, 0.717) is 136 Å². The summed E-state index contributed by atoms with van der Waals surface area (Å²) in [4.78, 5) is 45.0. The maximum absolute atomic E-state index is 12.7. The summed E-state index contributed by atoms with van der Waals surface area (Å²) in [7, 11) is -1.11. The number of hydrogen-bond acceptors (Lipinski definition) is 13. The van der Waals surface area contributed by atoms with Crippen LogP contribution in [0.2, 0.25) is 0 Å². The third-order valence-electron chi connectivity index (χ3n) is 50.9. The number of carbonyl (C=O) groups is 3. The number of nitrogens with one attached hydrogen (secondary N) is 6. The fraction of sp³-hybridized carbons (Fsp3) is 0.818. The summed E-state index contributed by atoms with van der Waals surface area (Å²) in [6.07, 6.45) is 55.2. The van der Waals surface area contributed by atoms with Gasteiger partial charge in [-0.3, -0.25) is 19.5 Å². The van der Waals surface area contributed by atoms with Crippen LogP contribution >= 0.6 is 0 Å². The van der Waals surface area contributed by atoms with Crippen molar-refractivity contribution in [3.63, 3.8) is 0 Å². The van der Waals surface area contributed by atoms with Gasteiger partial charge >= 0.3 is 6.03 Å². The predicted molar refractivity (Wildman–Crippen MR) is 605 cm³/mol. The summed E-state index contributed by atoms with van der Waals surface area (Å²) in [5.41, 5.74) is 19.2. The van der Waals surface area contributed by atoms with E-state index in [1.807, 2.05) is 84.4 Å². The molecule has 2 aromatic carbocycles. The van der Waals surface area contributed by atoms with Gasteiger partial charge in [0, 0.05) is 98.9 Å². The van der Waals surface area contributed by atoms with Gasteiger partial charge in [0.05, 0.1) is 59.5 Å². The molecule has 17 aliphatic carbocycles. The molecule has 26 rings (SSSR count). The lowest BCUT2D eigenvalue weighted by molar-refractivity contribution is -0.130. The number of carbonyl (C=O) groups excluding carboxylic acids is 3. The molecule has 42 atom stereocenters. The van der Waals surface area contributed by atoms with Crippen LogP contribution in [0, 0.1) is 170 Å². The van der Waals surface area contributed by atoms with E-state index in [1.165, 1.54) is 224 Å². The van der Waals surface area contributed by atoms with Gasteiger partial charge in [0.15, 0.2) is 0 Å². The minimum absolute atomic E-state index is 0.0362. The Kier molecular flexibility index (Phi) is 30.2. The Morgan fingerprint density at radius 3 is 1.35 bits per heavy atom. The van der Waals surface area contributed by atoms with Gasteiger partial charge in [-0.1, -0.05) is 183 Å². The van der Waals surface area contributed by atoms with Crippen LogP contribution in [0.25, 0.3) is 0 Å². The zero-order valence-electron chi connectivity index (χ0n) is 96.3. The monoisotopic (exact) mass is 2070 g/mol. The Labute approximate surface area is 906 Å². The lowest BCUT2D eigenvalue weighted by atomic mass is 9.52. The van der Waals surface area contributed by atoms with Gasteiger partial charge in [-0.2, -0.15) is 0 Å². The van der Waals surface area contributed by atoms with Crippen LogP contribution in [-0.2, 0) is 45.0 Å². The number of piperidine rings is 3. The van der Waals surface area contributed by atoms with Gasteiger partial charge in [-0.05, 0) is 461 Å². The van der Waals surface area contributed by atoms with Crippen LogP contribution in [0.1, 0.15) is 386 Å². The highest BCUT2D eigenvalue weighted by Crippen LogP contribution is 2.72. The maximum Gasteiger partial charge on any atom is 0.319 e. The third kappa shape index (κ3) is 19.7. The molecule has 7 heterocycles. The number of rotatable bonds is 9. The smallest absolute Gasteiger partial charge is 0.319 e. The molecule has 2 aromatic rings. The molecule has 18 heteroatoms. The number of allylic oxidation sites excluding steroid dienone is 4. The molecule has 13 saturated carbocycles. The molecule has 828 valence electrons. The van der Waals surface area contributed by atoms with E-state index < -0.39 is 10.0 Å².